The molecular formula is C18H22ClN3O3. The van der Waals surface area contributed by atoms with Crippen molar-refractivity contribution in [3.63, 3.8) is 0 Å². The first-order valence-electron chi connectivity index (χ1n) is 8.17. The fourth-order valence-corrected chi connectivity index (χ4v) is 3.03. The van der Waals surface area contributed by atoms with E-state index in [1.807, 2.05) is 32.0 Å². The third-order valence-electron chi connectivity index (χ3n) is 4.56. The summed E-state index contributed by atoms with van der Waals surface area (Å²) in [7, 11) is 0. The number of rotatable bonds is 7. The minimum absolute atomic E-state index is 0.122. The van der Waals surface area contributed by atoms with E-state index in [4.69, 9.17) is 16.7 Å². The fraction of sp³-hybridized carbons (Fsp3) is 0.389. The molecule has 0 radical (unpaired) electrons. The van der Waals surface area contributed by atoms with Gasteiger partial charge in [0.1, 0.15) is 0 Å². The number of benzene rings is 1. The second kappa shape index (κ2) is 7.70. The highest BCUT2D eigenvalue weighted by molar-refractivity contribution is 6.32. The van der Waals surface area contributed by atoms with E-state index in [1.165, 1.54) is 6.20 Å². The van der Waals surface area contributed by atoms with E-state index in [2.05, 4.69) is 10.4 Å². The molecule has 7 heteroatoms. The fourth-order valence-electron chi connectivity index (χ4n) is 2.82. The summed E-state index contributed by atoms with van der Waals surface area (Å²) in [4.78, 5) is 23.9. The lowest BCUT2D eigenvalue weighted by molar-refractivity contribution is -0.138. The van der Waals surface area contributed by atoms with Gasteiger partial charge < -0.3 is 10.4 Å². The number of aromatic nitrogens is 2. The number of hydrogen-bond donors (Lipinski definition) is 2. The van der Waals surface area contributed by atoms with Crippen LogP contribution in [-0.2, 0) is 4.79 Å². The van der Waals surface area contributed by atoms with Gasteiger partial charge in [-0.05, 0) is 31.9 Å². The van der Waals surface area contributed by atoms with Gasteiger partial charge in [-0.3, -0.25) is 9.59 Å². The summed E-state index contributed by atoms with van der Waals surface area (Å²) in [6, 6.07) is 7.23. The van der Waals surface area contributed by atoms with Crippen molar-refractivity contribution in [3.8, 4) is 5.69 Å². The van der Waals surface area contributed by atoms with Crippen molar-refractivity contribution in [1.29, 1.82) is 0 Å². The van der Waals surface area contributed by atoms with Crippen molar-refractivity contribution >= 4 is 23.5 Å². The van der Waals surface area contributed by atoms with E-state index in [9.17, 15) is 9.59 Å². The molecule has 1 heterocycles. The standard InChI is InChI=1S/C18H22ClN3O3/c1-4-18(5-2,10-16(23)24)21-17(25)13-11-20-22(12(13)3)15-9-7-6-8-14(15)19/h6-9,11H,4-5,10H2,1-3H3,(H,21,25)(H,23,24). The van der Waals surface area contributed by atoms with Gasteiger partial charge in [-0.15, -0.1) is 0 Å². The first-order valence-corrected chi connectivity index (χ1v) is 8.55. The molecular weight excluding hydrogens is 342 g/mol. The van der Waals surface area contributed by atoms with Crippen LogP contribution >= 0.6 is 11.6 Å². The van der Waals surface area contributed by atoms with E-state index < -0.39 is 11.5 Å². The zero-order valence-electron chi connectivity index (χ0n) is 14.5. The van der Waals surface area contributed by atoms with Crippen LogP contribution in [0.1, 0.15) is 49.2 Å². The van der Waals surface area contributed by atoms with Crippen molar-refractivity contribution < 1.29 is 14.7 Å². The molecule has 0 aliphatic carbocycles. The number of nitrogens with one attached hydrogen (secondary N) is 1. The number of carboxylic acid groups (broad SMARTS) is 1. The molecule has 6 nitrogen and oxygen atoms in total. The Morgan fingerprint density at radius 2 is 1.92 bits per heavy atom. The van der Waals surface area contributed by atoms with Gasteiger partial charge in [-0.25, -0.2) is 4.68 Å². The molecule has 0 fully saturated rings. The number of carbonyl (C=O) groups excluding carboxylic acids is 1. The summed E-state index contributed by atoms with van der Waals surface area (Å²) in [5.74, 6) is -1.27. The minimum atomic E-state index is -0.938. The lowest BCUT2D eigenvalue weighted by atomic mass is 9.88. The van der Waals surface area contributed by atoms with Crippen LogP contribution in [0.2, 0.25) is 5.02 Å². The smallest absolute Gasteiger partial charge is 0.305 e. The number of carbonyl (C=O) groups is 2. The third-order valence-corrected chi connectivity index (χ3v) is 4.88. The third kappa shape index (κ3) is 4.02. The van der Waals surface area contributed by atoms with E-state index in [1.54, 1.807) is 17.7 Å². The Kier molecular flexibility index (Phi) is 5.85. The molecule has 134 valence electrons. The van der Waals surface area contributed by atoms with Crippen LogP contribution in [0.4, 0.5) is 0 Å². The maximum atomic E-state index is 12.7. The predicted octanol–water partition coefficient (Wildman–Crippen LogP) is 3.60. The van der Waals surface area contributed by atoms with Crippen LogP contribution in [0.3, 0.4) is 0 Å². The van der Waals surface area contributed by atoms with Crippen molar-refractivity contribution in [2.75, 3.05) is 0 Å². The molecule has 0 aliphatic rings. The second-order valence-electron chi connectivity index (χ2n) is 6.02. The Labute approximate surface area is 151 Å². The quantitative estimate of drug-likeness (QED) is 0.787. The van der Waals surface area contributed by atoms with Crippen molar-refractivity contribution in [2.45, 2.75) is 45.6 Å². The van der Waals surface area contributed by atoms with Crippen molar-refractivity contribution in [3.05, 3.63) is 46.7 Å². The van der Waals surface area contributed by atoms with Gasteiger partial charge in [0.2, 0.25) is 0 Å². The molecule has 0 bridgehead atoms. The highest BCUT2D eigenvalue weighted by Crippen LogP contribution is 2.24. The van der Waals surface area contributed by atoms with Crippen molar-refractivity contribution in [2.24, 2.45) is 0 Å². The topological polar surface area (TPSA) is 84.2 Å². The summed E-state index contributed by atoms with van der Waals surface area (Å²) in [6.07, 6.45) is 2.41. The summed E-state index contributed by atoms with van der Waals surface area (Å²) >= 11 is 6.20. The lowest BCUT2D eigenvalue weighted by Gasteiger charge is -2.31. The predicted molar refractivity (Wildman–Crippen MR) is 96.3 cm³/mol. The Morgan fingerprint density at radius 1 is 1.28 bits per heavy atom. The number of hydrogen-bond acceptors (Lipinski definition) is 3. The minimum Gasteiger partial charge on any atom is -0.481 e. The van der Waals surface area contributed by atoms with Gasteiger partial charge in [0.25, 0.3) is 5.91 Å². The van der Waals surface area contributed by atoms with Gasteiger partial charge in [0.15, 0.2) is 0 Å². The van der Waals surface area contributed by atoms with Crippen LogP contribution in [-0.4, -0.2) is 32.3 Å². The maximum Gasteiger partial charge on any atom is 0.305 e. The van der Waals surface area contributed by atoms with Crippen LogP contribution in [0.5, 0.6) is 0 Å². The lowest BCUT2D eigenvalue weighted by Crippen LogP contribution is -2.49. The van der Waals surface area contributed by atoms with Crippen molar-refractivity contribution in [1.82, 2.24) is 15.1 Å². The van der Waals surface area contributed by atoms with Crippen LogP contribution < -0.4 is 5.32 Å². The van der Waals surface area contributed by atoms with Gasteiger partial charge >= 0.3 is 5.97 Å². The first-order chi connectivity index (χ1) is 11.8. The molecule has 0 atom stereocenters. The molecule has 0 saturated carbocycles. The highest BCUT2D eigenvalue weighted by atomic mass is 35.5. The number of nitrogens with zero attached hydrogens (tertiary/aromatic N) is 2. The van der Waals surface area contributed by atoms with Gasteiger partial charge in [-0.1, -0.05) is 37.6 Å². The monoisotopic (exact) mass is 363 g/mol. The van der Waals surface area contributed by atoms with E-state index in [0.717, 1.165) is 0 Å². The summed E-state index contributed by atoms with van der Waals surface area (Å²) in [6.45, 7) is 5.52. The van der Waals surface area contributed by atoms with Gasteiger partial charge in [0.05, 0.1) is 40.1 Å². The van der Waals surface area contributed by atoms with E-state index >= 15 is 0 Å². The number of carboxylic acids is 1. The number of aliphatic carboxylic acids is 1. The Balaban J connectivity index is 2.32. The zero-order valence-corrected chi connectivity index (χ0v) is 15.3. The molecule has 0 unspecified atom stereocenters. The first kappa shape index (κ1) is 19.0. The van der Waals surface area contributed by atoms with Crippen LogP contribution in [0.15, 0.2) is 30.5 Å². The maximum absolute atomic E-state index is 12.7. The summed E-state index contributed by atoms with van der Waals surface area (Å²) in [5.41, 5.74) is 0.948. The molecule has 1 amide bonds. The van der Waals surface area contributed by atoms with Gasteiger partial charge in [0, 0.05) is 0 Å². The number of halogens is 1. The zero-order chi connectivity index (χ0) is 18.6. The summed E-state index contributed by atoms with van der Waals surface area (Å²) < 4.78 is 1.61. The SMILES string of the molecule is CCC(CC)(CC(=O)O)NC(=O)c1cnn(-c2ccccc2Cl)c1C. The number of para-hydroxylation sites is 1. The molecule has 2 aromatic rings. The second-order valence-corrected chi connectivity index (χ2v) is 6.43. The molecule has 2 N–H and O–H groups in total. The molecule has 25 heavy (non-hydrogen) atoms. The van der Waals surface area contributed by atoms with E-state index in [-0.39, 0.29) is 12.3 Å². The molecule has 0 saturated heterocycles. The van der Waals surface area contributed by atoms with Crippen LogP contribution in [0, 0.1) is 6.92 Å². The number of amides is 1. The molecule has 0 spiro atoms. The molecule has 1 aromatic carbocycles. The average molecular weight is 364 g/mol. The van der Waals surface area contributed by atoms with Crippen LogP contribution in [0.25, 0.3) is 5.69 Å². The highest BCUT2D eigenvalue weighted by Gasteiger charge is 2.32. The molecule has 0 aliphatic heterocycles. The molecule has 1 aromatic heterocycles. The largest absolute Gasteiger partial charge is 0.481 e. The molecule has 2 rings (SSSR count). The Bertz CT molecular complexity index is 782. The van der Waals surface area contributed by atoms with E-state index in [0.29, 0.717) is 34.8 Å². The summed E-state index contributed by atoms with van der Waals surface area (Å²) in [5, 5.41) is 16.8. The van der Waals surface area contributed by atoms with Gasteiger partial charge in [-0.2, -0.15) is 5.10 Å². The Hall–Kier alpha value is -2.34. The Morgan fingerprint density at radius 3 is 2.48 bits per heavy atom. The normalized spacial score (nSPS) is 11.4. The average Bonchev–Trinajstić information content (AvgIpc) is 2.95.